The smallest absolute Gasteiger partial charge is 0.193 e. The van der Waals surface area contributed by atoms with Crippen molar-refractivity contribution in [1.29, 1.82) is 0 Å². The lowest BCUT2D eigenvalue weighted by Gasteiger charge is -2.21. The molecule has 158 valence electrons. The molecule has 0 aromatic heterocycles. The number of halogens is 6. The molecule has 0 unspecified atom stereocenters. The molecule has 0 aliphatic rings. The molecule has 0 aliphatic carbocycles. The van der Waals surface area contributed by atoms with Gasteiger partial charge in [-0.15, -0.1) is 0 Å². The number of hydrogen-bond donors (Lipinski definition) is 0. The van der Waals surface area contributed by atoms with Gasteiger partial charge < -0.3 is 0 Å². The molecule has 0 N–H and O–H groups in total. The summed E-state index contributed by atoms with van der Waals surface area (Å²) in [6.45, 7) is 8.86. The Bertz CT molecular complexity index is 904. The summed E-state index contributed by atoms with van der Waals surface area (Å²) in [5.74, 6) is -8.45. The summed E-state index contributed by atoms with van der Waals surface area (Å²) < 4.78 is 87.7. The molecule has 0 fully saturated rings. The van der Waals surface area contributed by atoms with E-state index in [2.05, 4.69) is 0 Å². The van der Waals surface area contributed by atoms with Gasteiger partial charge in [-0.25, -0.2) is 0 Å². The quantitative estimate of drug-likeness (QED) is 0.269. The van der Waals surface area contributed by atoms with Crippen LogP contribution < -0.4 is 0 Å². The average molecular weight is 432 g/mol. The van der Waals surface area contributed by atoms with E-state index in [1.165, 1.54) is 52.0 Å². The summed E-state index contributed by atoms with van der Waals surface area (Å²) in [4.78, 5) is 0. The van der Waals surface area contributed by atoms with E-state index in [1.807, 2.05) is 0 Å². The number of benzene rings is 2. The SMILES string of the molecule is Cc1cc(C)c(C(F)(F)C(F)=S=C(F)C(F)(F)c2c(C)cc(C)cc2C)c(C)c1. The molecule has 29 heavy (non-hydrogen) atoms. The molecule has 0 nitrogen and oxygen atoms in total. The van der Waals surface area contributed by atoms with E-state index in [0.717, 1.165) is 0 Å². The van der Waals surface area contributed by atoms with Crippen molar-refractivity contribution in [3.8, 4) is 0 Å². The van der Waals surface area contributed by atoms with E-state index in [4.69, 9.17) is 0 Å². The van der Waals surface area contributed by atoms with Crippen molar-refractivity contribution in [2.45, 2.75) is 53.4 Å². The van der Waals surface area contributed by atoms with Crippen LogP contribution >= 0.6 is 10.9 Å². The maximum Gasteiger partial charge on any atom is 0.333 e. The van der Waals surface area contributed by atoms with E-state index in [1.54, 1.807) is 13.8 Å². The van der Waals surface area contributed by atoms with Crippen LogP contribution in [0.4, 0.5) is 26.3 Å². The first kappa shape index (κ1) is 23.3. The molecule has 2 aromatic carbocycles. The minimum atomic E-state index is -4.22. The minimum Gasteiger partial charge on any atom is -0.193 e. The van der Waals surface area contributed by atoms with Gasteiger partial charge in [0.15, 0.2) is 0 Å². The Kier molecular flexibility index (Phi) is 6.43. The van der Waals surface area contributed by atoms with Crippen LogP contribution in [0.5, 0.6) is 0 Å². The molecule has 0 bridgehead atoms. The lowest BCUT2D eigenvalue weighted by atomic mass is 9.95. The summed E-state index contributed by atoms with van der Waals surface area (Å²) in [6.07, 6.45) is 0. The zero-order chi connectivity index (χ0) is 22.3. The van der Waals surface area contributed by atoms with Crippen LogP contribution in [0.2, 0.25) is 0 Å². The second-order valence-electron chi connectivity index (χ2n) is 7.35. The summed E-state index contributed by atoms with van der Waals surface area (Å²) in [5, 5.41) is -4.46. The molecule has 2 rings (SSSR count). The predicted molar refractivity (Wildman–Crippen MR) is 109 cm³/mol. The number of alkyl halides is 4. The largest absolute Gasteiger partial charge is 0.333 e. The van der Waals surface area contributed by atoms with Gasteiger partial charge >= 0.3 is 11.8 Å². The summed E-state index contributed by atoms with van der Waals surface area (Å²) in [5.41, 5.74) is 0.491. The molecule has 2 aromatic rings. The Morgan fingerprint density at radius 3 is 1.07 bits per heavy atom. The van der Waals surface area contributed by atoms with Gasteiger partial charge in [0, 0.05) is 11.1 Å². The number of hydrogen-bond acceptors (Lipinski definition) is 0. The van der Waals surface area contributed by atoms with E-state index < -0.39 is 44.1 Å². The van der Waals surface area contributed by atoms with Crippen molar-refractivity contribution in [2.75, 3.05) is 0 Å². The molecule has 0 saturated heterocycles. The molecule has 0 spiro atoms. The second kappa shape index (κ2) is 8.01. The first-order chi connectivity index (χ1) is 13.2. The monoisotopic (exact) mass is 432 g/mol. The Morgan fingerprint density at radius 1 is 0.586 bits per heavy atom. The van der Waals surface area contributed by atoms with Gasteiger partial charge in [-0.3, -0.25) is 0 Å². The third-order valence-corrected chi connectivity index (χ3v) is 5.53. The van der Waals surface area contributed by atoms with E-state index in [9.17, 15) is 26.3 Å². The van der Waals surface area contributed by atoms with Gasteiger partial charge in [0.05, 0.1) is 0 Å². The minimum absolute atomic E-state index is 0.0978. The van der Waals surface area contributed by atoms with Crippen LogP contribution in [-0.4, -0.2) is 10.2 Å². The Morgan fingerprint density at radius 2 is 0.828 bits per heavy atom. The molecule has 0 radical (unpaired) electrons. The molecule has 0 heterocycles. The van der Waals surface area contributed by atoms with E-state index >= 15 is 0 Å². The number of aryl methyl sites for hydroxylation is 6. The van der Waals surface area contributed by atoms with Crippen molar-refractivity contribution in [2.24, 2.45) is 0 Å². The van der Waals surface area contributed by atoms with Crippen LogP contribution in [0.25, 0.3) is 0 Å². The van der Waals surface area contributed by atoms with Crippen molar-refractivity contribution in [1.82, 2.24) is 0 Å². The third kappa shape index (κ3) is 4.44. The van der Waals surface area contributed by atoms with Gasteiger partial charge in [-0.1, -0.05) is 46.3 Å². The normalized spacial score (nSPS) is 12.1. The lowest BCUT2D eigenvalue weighted by Crippen LogP contribution is -2.26. The molecule has 0 saturated carbocycles. The third-order valence-electron chi connectivity index (χ3n) is 4.65. The standard InChI is InChI=1S/C22H22F6S/c1-11-7-13(3)17(14(4)8-11)21(25,26)19(23)29-20(24)22(27,28)18-15(5)9-12(2)10-16(18)6/h7-10H,1-6H3. The average Bonchev–Trinajstić information content (AvgIpc) is 2.51. The van der Waals surface area contributed by atoms with Gasteiger partial charge in [0.25, 0.3) is 0 Å². The predicted octanol–water partition coefficient (Wildman–Crippen LogP) is 7.35. The molecule has 0 amide bonds. The summed E-state index contributed by atoms with van der Waals surface area (Å²) >= 11 is 0. The molecular weight excluding hydrogens is 410 g/mol. The van der Waals surface area contributed by atoms with Crippen molar-refractivity contribution >= 4 is 21.2 Å². The van der Waals surface area contributed by atoms with Gasteiger partial charge in [-0.05, 0) is 63.8 Å². The van der Waals surface area contributed by atoms with Gasteiger partial charge in [0.1, 0.15) is 0 Å². The van der Waals surface area contributed by atoms with Gasteiger partial charge in [-0.2, -0.15) is 26.3 Å². The van der Waals surface area contributed by atoms with Crippen LogP contribution in [0.15, 0.2) is 24.3 Å². The van der Waals surface area contributed by atoms with E-state index in [-0.39, 0.29) is 22.3 Å². The summed E-state index contributed by atoms with van der Waals surface area (Å²) in [7, 11) is -0.854. The second-order valence-corrected chi connectivity index (χ2v) is 8.27. The highest BCUT2D eigenvalue weighted by Gasteiger charge is 2.44. The van der Waals surface area contributed by atoms with Crippen molar-refractivity contribution < 1.29 is 26.3 Å². The van der Waals surface area contributed by atoms with Crippen molar-refractivity contribution in [3.05, 3.63) is 68.8 Å². The highest BCUT2D eigenvalue weighted by molar-refractivity contribution is 7.97. The first-order valence-corrected chi connectivity index (χ1v) is 9.67. The summed E-state index contributed by atoms with van der Waals surface area (Å²) in [6, 6.07) is 5.73. The maximum atomic E-state index is 14.7. The zero-order valence-electron chi connectivity index (χ0n) is 17.0. The molecule has 7 heteroatoms. The lowest BCUT2D eigenvalue weighted by molar-refractivity contribution is 0.0655. The Labute approximate surface area is 170 Å². The van der Waals surface area contributed by atoms with Crippen molar-refractivity contribution in [3.63, 3.8) is 0 Å². The van der Waals surface area contributed by atoms with Crippen LogP contribution in [0.3, 0.4) is 0 Å². The topological polar surface area (TPSA) is 0 Å². The fourth-order valence-electron chi connectivity index (χ4n) is 3.75. The van der Waals surface area contributed by atoms with Crippen LogP contribution in [0.1, 0.15) is 44.5 Å². The van der Waals surface area contributed by atoms with Crippen LogP contribution in [-0.2, 0) is 11.8 Å². The fourth-order valence-corrected chi connectivity index (χ4v) is 4.37. The highest BCUT2D eigenvalue weighted by atomic mass is 32.1. The Balaban J connectivity index is 2.67. The molecule has 0 atom stereocenters. The zero-order valence-corrected chi connectivity index (χ0v) is 17.8. The van der Waals surface area contributed by atoms with Crippen LogP contribution in [0, 0.1) is 41.5 Å². The molecular formula is C22H22F6S. The fraction of sp³-hybridized carbons (Fsp3) is 0.364. The highest BCUT2D eigenvalue weighted by Crippen LogP contribution is 2.39. The maximum absolute atomic E-state index is 14.7. The first-order valence-electron chi connectivity index (χ1n) is 8.85. The molecule has 0 aliphatic heterocycles. The number of rotatable bonds is 4. The Hall–Kier alpha value is -2.02. The van der Waals surface area contributed by atoms with Gasteiger partial charge in [0.2, 0.25) is 10.2 Å². The van der Waals surface area contributed by atoms with E-state index in [0.29, 0.717) is 11.1 Å².